The summed E-state index contributed by atoms with van der Waals surface area (Å²) < 4.78 is 0. The van der Waals surface area contributed by atoms with E-state index in [1.165, 1.54) is 23.4 Å². The largest absolute Gasteiger partial charge is 0.269 e. The highest BCUT2D eigenvalue weighted by Gasteiger charge is 1.76. The Morgan fingerprint density at radius 3 is 1.08 bits per heavy atom. The van der Waals surface area contributed by atoms with Crippen molar-refractivity contribution in [2.45, 2.75) is 51.1 Å². The molecule has 0 saturated heterocycles. The Morgan fingerprint density at radius 1 is 0.833 bits per heavy atom. The Bertz CT molecular complexity index is 36.2. The van der Waals surface area contributed by atoms with Gasteiger partial charge in [0, 0.05) is 0 Å². The van der Waals surface area contributed by atoms with E-state index in [2.05, 4.69) is 27.7 Å². The lowest BCUT2D eigenvalue weighted by Crippen LogP contribution is -1.76. The van der Waals surface area contributed by atoms with Crippen molar-refractivity contribution in [1.82, 2.24) is 0 Å². The third-order valence-corrected chi connectivity index (χ3v) is 2.62. The zero-order valence-corrected chi connectivity index (χ0v) is 12.1. The molecule has 78 valence electrons. The van der Waals surface area contributed by atoms with Crippen molar-refractivity contribution in [2.75, 3.05) is 0 Å². The highest BCUT2D eigenvalue weighted by molar-refractivity contribution is 14.0. The van der Waals surface area contributed by atoms with Crippen LogP contribution in [0.25, 0.3) is 0 Å². The zero-order valence-electron chi connectivity index (χ0n) is 8.35. The van der Waals surface area contributed by atoms with Gasteiger partial charge in [-0.25, -0.2) is 0 Å². The van der Waals surface area contributed by atoms with Gasteiger partial charge in [-0.1, -0.05) is 40.5 Å². The smallest absolute Gasteiger partial charge is 0.236 e. The first-order valence-corrected chi connectivity index (χ1v) is 6.33. The summed E-state index contributed by atoms with van der Waals surface area (Å²) in [7, 11) is 0. The van der Waals surface area contributed by atoms with E-state index >= 15 is 0 Å². The van der Waals surface area contributed by atoms with Gasteiger partial charge in [0.15, 0.2) is 17.4 Å². The van der Waals surface area contributed by atoms with Crippen LogP contribution in [0, 0.1) is 0 Å². The minimum Gasteiger partial charge on any atom is -0.269 e. The standard InChI is InChI=1S/C4H10.2C2H5.2Al.FH.HI.4H/c1-3-4-2;2*1-2;;;;;;;;/h3-4H2,1-2H3;2*1H2,2H3;;;2*1H;;;;. The number of hydrogen-bond acceptors (Lipinski definition) is 0. The zero-order chi connectivity index (χ0) is 7.54. The molecular weight excluding hydrogens is 296 g/mol. The first-order chi connectivity index (χ1) is 4.33. The Morgan fingerprint density at radius 2 is 1.08 bits per heavy atom. The summed E-state index contributed by atoms with van der Waals surface area (Å²) in [6, 6.07) is 0. The predicted octanol–water partition coefficient (Wildman–Crippen LogP) is 2.69. The van der Waals surface area contributed by atoms with Crippen LogP contribution in [0.1, 0.15) is 40.5 Å². The van der Waals surface area contributed by atoms with Crippen LogP contribution < -0.4 is 0 Å². The molecule has 4 heteroatoms. The molecule has 0 aliphatic heterocycles. The first-order valence-electron chi connectivity index (χ1n) is 4.33. The number of rotatable bonds is 3. The number of halogens is 2. The van der Waals surface area contributed by atoms with Crippen molar-refractivity contribution < 1.29 is 4.70 Å². The minimum absolute atomic E-state index is 0. The Kier molecular flexibility index (Phi) is 94.1. The maximum atomic E-state index is 2.27. The average molecular weight is 322 g/mol. The van der Waals surface area contributed by atoms with Crippen LogP contribution in [0.2, 0.25) is 10.6 Å². The Hall–Kier alpha value is 1.72. The van der Waals surface area contributed by atoms with Gasteiger partial charge < -0.3 is 0 Å². The Labute approximate surface area is 112 Å². The van der Waals surface area contributed by atoms with E-state index in [-0.39, 0.29) is 46.0 Å². The summed E-state index contributed by atoms with van der Waals surface area (Å²) in [5.41, 5.74) is 0. The van der Waals surface area contributed by atoms with E-state index in [0.29, 0.717) is 15.2 Å². The highest BCUT2D eigenvalue weighted by atomic mass is 127. The lowest BCUT2D eigenvalue weighted by molar-refractivity contribution is 0.886. The molecule has 12 heavy (non-hydrogen) atoms. The molecule has 0 aromatic rings. The summed E-state index contributed by atoms with van der Waals surface area (Å²) >= 11 is 0.432. The van der Waals surface area contributed by atoms with Crippen molar-refractivity contribution in [3.8, 4) is 0 Å². The number of unbranched alkanes of at least 4 members (excludes halogenated alkanes) is 1. The molecule has 0 aliphatic rings. The minimum atomic E-state index is 0. The Balaban J connectivity index is -0.0000000221. The summed E-state index contributed by atoms with van der Waals surface area (Å²) in [5, 5.41) is 2.97. The quantitative estimate of drug-likeness (QED) is 0.554. The molecule has 0 unspecified atom stereocenters. The fraction of sp³-hybridized carbons (Fsp3) is 1.00. The van der Waals surface area contributed by atoms with Crippen molar-refractivity contribution in [2.24, 2.45) is 0 Å². The van der Waals surface area contributed by atoms with E-state index in [1.807, 2.05) is 0 Å². The van der Waals surface area contributed by atoms with E-state index < -0.39 is 0 Å². The second-order valence-corrected chi connectivity index (χ2v) is 5.06. The van der Waals surface area contributed by atoms with Crippen LogP contribution in [0.5, 0.6) is 0 Å². The molecule has 0 aliphatic carbocycles. The molecule has 0 amide bonds. The summed E-state index contributed by atoms with van der Waals surface area (Å²) in [6.45, 7) is 8.91. The van der Waals surface area contributed by atoms with Crippen LogP contribution >= 0.6 is 24.0 Å². The molecule has 0 radical (unpaired) electrons. The fourth-order valence-corrected chi connectivity index (χ4v) is 1.06. The van der Waals surface area contributed by atoms with Crippen LogP contribution in [0.3, 0.4) is 0 Å². The molecule has 0 aromatic carbocycles. The molecule has 0 N–H and O–H groups in total. The molecule has 0 saturated carbocycles. The molecule has 0 atom stereocenters. The van der Waals surface area contributed by atoms with Gasteiger partial charge >= 0.3 is 0 Å². The topological polar surface area (TPSA) is 0 Å². The maximum Gasteiger partial charge on any atom is 0.236 e. The van der Waals surface area contributed by atoms with Crippen LogP contribution in [0.4, 0.5) is 4.70 Å². The summed E-state index contributed by atoms with van der Waals surface area (Å²) in [4.78, 5) is 0. The third kappa shape index (κ3) is 60.4. The lowest BCUT2D eigenvalue weighted by Gasteiger charge is -1.73. The molecule has 0 nitrogen and oxygen atoms in total. The van der Waals surface area contributed by atoms with Gasteiger partial charge in [0.25, 0.3) is 0 Å². The first kappa shape index (κ1) is 29.2. The normalized spacial score (nSPS) is 5.67. The average Bonchev–Trinajstić information content (AvgIpc) is 1.91. The third-order valence-electron chi connectivity index (χ3n) is 1.21. The fourth-order valence-electron chi connectivity index (χ4n) is 0.354. The molecule has 0 heterocycles. The van der Waals surface area contributed by atoms with Crippen LogP contribution in [-0.4, -0.2) is 32.6 Å². The molecule has 0 spiro atoms. The van der Waals surface area contributed by atoms with Gasteiger partial charge in [-0.15, -0.1) is 34.5 Å². The van der Waals surface area contributed by atoms with Crippen LogP contribution in [-0.2, 0) is 0 Å². The van der Waals surface area contributed by atoms with Gasteiger partial charge in [-0.05, 0) is 0 Å². The summed E-state index contributed by atoms with van der Waals surface area (Å²) in [6.07, 6.45) is 2.64. The van der Waals surface area contributed by atoms with Gasteiger partial charge in [0.1, 0.15) is 0 Å². The summed E-state index contributed by atoms with van der Waals surface area (Å²) in [5.74, 6) is 0. The second kappa shape index (κ2) is 38.7. The monoisotopic (exact) mass is 322 g/mol. The predicted molar refractivity (Wildman–Crippen MR) is 76.6 cm³/mol. The molecule has 0 aromatic heterocycles. The van der Waals surface area contributed by atoms with Crippen molar-refractivity contribution >= 4 is 56.6 Å². The van der Waals surface area contributed by atoms with E-state index in [1.54, 1.807) is 0 Å². The van der Waals surface area contributed by atoms with E-state index in [4.69, 9.17) is 0 Å². The maximum absolute atomic E-state index is 2.27. The van der Waals surface area contributed by atoms with Gasteiger partial charge in [-0.2, -0.15) is 0 Å². The van der Waals surface area contributed by atoms with Gasteiger partial charge in [0.2, 0.25) is 15.2 Å². The molecule has 0 rings (SSSR count). The van der Waals surface area contributed by atoms with Crippen molar-refractivity contribution in [3.63, 3.8) is 0 Å². The van der Waals surface area contributed by atoms with Gasteiger partial charge in [-0.3, -0.25) is 4.70 Å². The van der Waals surface area contributed by atoms with Crippen molar-refractivity contribution in [1.29, 1.82) is 0 Å². The molecule has 0 fully saturated rings. The lowest BCUT2D eigenvalue weighted by atomic mass is 10.4. The molecular formula is C8H26Al2FI. The second-order valence-electron chi connectivity index (χ2n) is 2.35. The van der Waals surface area contributed by atoms with E-state index in [9.17, 15) is 0 Å². The molecule has 0 bridgehead atoms. The van der Waals surface area contributed by atoms with E-state index in [0.717, 1.165) is 0 Å². The number of hydrogen-bond donors (Lipinski definition) is 0. The van der Waals surface area contributed by atoms with Crippen molar-refractivity contribution in [3.05, 3.63) is 0 Å². The highest BCUT2D eigenvalue weighted by Crippen LogP contribution is 1.77. The van der Waals surface area contributed by atoms with Gasteiger partial charge in [0.05, 0.1) is 0 Å². The van der Waals surface area contributed by atoms with Crippen LogP contribution in [0.15, 0.2) is 0 Å². The SMILES string of the molecule is CCCC.C[CH2][AlH][CH2]C.F.I.[AlH3].